The van der Waals surface area contributed by atoms with Crippen molar-refractivity contribution in [2.24, 2.45) is 0 Å². The van der Waals surface area contributed by atoms with Crippen LogP contribution >= 0.6 is 22.9 Å². The standard InChI is InChI=1S/C15H14ClN3S/c1-2-12-8-9-13(20-12)10-19-14(17-18-15(19)16)11-6-4-3-5-7-11/h3-9H,2,10H2,1H3. The third-order valence-corrected chi connectivity index (χ3v) is 4.61. The van der Waals surface area contributed by atoms with Crippen LogP contribution in [-0.4, -0.2) is 14.8 Å². The molecule has 102 valence electrons. The van der Waals surface area contributed by atoms with Gasteiger partial charge in [-0.3, -0.25) is 4.57 Å². The molecule has 0 unspecified atom stereocenters. The van der Waals surface area contributed by atoms with Crippen molar-refractivity contribution in [3.05, 3.63) is 57.5 Å². The summed E-state index contributed by atoms with van der Waals surface area (Å²) in [5.41, 5.74) is 1.03. The fraction of sp³-hybridized carbons (Fsp3) is 0.200. The van der Waals surface area contributed by atoms with E-state index in [4.69, 9.17) is 11.6 Å². The Morgan fingerprint density at radius 3 is 2.50 bits per heavy atom. The molecule has 0 aliphatic rings. The Morgan fingerprint density at radius 2 is 1.80 bits per heavy atom. The minimum Gasteiger partial charge on any atom is -0.292 e. The quantitative estimate of drug-likeness (QED) is 0.720. The van der Waals surface area contributed by atoms with Crippen LogP contribution in [0.15, 0.2) is 42.5 Å². The highest BCUT2D eigenvalue weighted by Crippen LogP contribution is 2.24. The molecular formula is C15H14ClN3S. The van der Waals surface area contributed by atoms with Gasteiger partial charge < -0.3 is 0 Å². The summed E-state index contributed by atoms with van der Waals surface area (Å²) in [6, 6.07) is 14.3. The van der Waals surface area contributed by atoms with Gasteiger partial charge in [-0.1, -0.05) is 37.3 Å². The first-order valence-corrected chi connectivity index (χ1v) is 7.69. The van der Waals surface area contributed by atoms with Gasteiger partial charge in [0.2, 0.25) is 5.28 Å². The van der Waals surface area contributed by atoms with Crippen LogP contribution in [0, 0.1) is 0 Å². The van der Waals surface area contributed by atoms with Gasteiger partial charge in [-0.15, -0.1) is 21.5 Å². The Morgan fingerprint density at radius 1 is 1.05 bits per heavy atom. The molecule has 0 radical (unpaired) electrons. The molecule has 0 bridgehead atoms. The molecule has 0 aliphatic carbocycles. The van der Waals surface area contributed by atoms with Crippen LogP contribution in [0.25, 0.3) is 11.4 Å². The van der Waals surface area contributed by atoms with Crippen molar-refractivity contribution in [3.63, 3.8) is 0 Å². The smallest absolute Gasteiger partial charge is 0.225 e. The summed E-state index contributed by atoms with van der Waals surface area (Å²) in [4.78, 5) is 2.64. The molecule has 0 amide bonds. The van der Waals surface area contributed by atoms with E-state index < -0.39 is 0 Å². The van der Waals surface area contributed by atoms with Gasteiger partial charge in [-0.25, -0.2) is 0 Å². The van der Waals surface area contributed by atoms with E-state index in [1.165, 1.54) is 9.75 Å². The summed E-state index contributed by atoms with van der Waals surface area (Å²) in [7, 11) is 0. The molecule has 3 aromatic rings. The van der Waals surface area contributed by atoms with Gasteiger partial charge in [0.25, 0.3) is 0 Å². The lowest BCUT2D eigenvalue weighted by molar-refractivity contribution is 0.817. The predicted molar refractivity (Wildman–Crippen MR) is 83.3 cm³/mol. The maximum absolute atomic E-state index is 6.18. The summed E-state index contributed by atoms with van der Waals surface area (Å²) in [5.74, 6) is 0.807. The highest BCUT2D eigenvalue weighted by molar-refractivity contribution is 7.11. The second-order valence-electron chi connectivity index (χ2n) is 4.47. The summed E-state index contributed by atoms with van der Waals surface area (Å²) in [6.45, 7) is 2.87. The first-order chi connectivity index (χ1) is 9.78. The van der Waals surface area contributed by atoms with Gasteiger partial charge in [0.05, 0.1) is 6.54 Å². The van der Waals surface area contributed by atoms with Crippen LogP contribution in [0.1, 0.15) is 16.7 Å². The molecule has 2 heterocycles. The SMILES string of the molecule is CCc1ccc(Cn2c(Cl)nnc2-c2ccccc2)s1. The number of aryl methyl sites for hydroxylation is 1. The van der Waals surface area contributed by atoms with Crippen molar-refractivity contribution in [2.75, 3.05) is 0 Å². The van der Waals surface area contributed by atoms with E-state index in [9.17, 15) is 0 Å². The van der Waals surface area contributed by atoms with Crippen LogP contribution in [-0.2, 0) is 13.0 Å². The number of benzene rings is 1. The molecule has 0 saturated heterocycles. The van der Waals surface area contributed by atoms with E-state index in [1.54, 1.807) is 0 Å². The topological polar surface area (TPSA) is 30.7 Å². The molecular weight excluding hydrogens is 290 g/mol. The zero-order valence-electron chi connectivity index (χ0n) is 11.1. The fourth-order valence-electron chi connectivity index (χ4n) is 2.08. The Hall–Kier alpha value is -1.65. The molecule has 1 aromatic carbocycles. The first kappa shape index (κ1) is 13.3. The predicted octanol–water partition coefficient (Wildman–Crippen LogP) is 4.27. The largest absolute Gasteiger partial charge is 0.292 e. The second-order valence-corrected chi connectivity index (χ2v) is 6.06. The lowest BCUT2D eigenvalue weighted by Crippen LogP contribution is -2.01. The molecule has 3 nitrogen and oxygen atoms in total. The van der Waals surface area contributed by atoms with Crippen LogP contribution in [0.4, 0.5) is 0 Å². The summed E-state index contributed by atoms with van der Waals surface area (Å²) in [6.07, 6.45) is 1.06. The number of nitrogens with zero attached hydrogens (tertiary/aromatic N) is 3. The number of rotatable bonds is 4. The minimum atomic E-state index is 0.426. The highest BCUT2D eigenvalue weighted by atomic mass is 35.5. The maximum atomic E-state index is 6.18. The molecule has 2 aromatic heterocycles. The average molecular weight is 304 g/mol. The Labute approximate surface area is 126 Å². The average Bonchev–Trinajstić information content (AvgIpc) is 3.08. The summed E-state index contributed by atoms with van der Waals surface area (Å²) >= 11 is 7.99. The molecule has 0 N–H and O–H groups in total. The van der Waals surface area contributed by atoms with Crippen molar-refractivity contribution in [1.29, 1.82) is 0 Å². The second kappa shape index (κ2) is 5.77. The Bertz CT molecular complexity index is 703. The van der Waals surface area contributed by atoms with Gasteiger partial charge >= 0.3 is 0 Å². The maximum Gasteiger partial charge on any atom is 0.225 e. The summed E-state index contributed by atoms with van der Waals surface area (Å²) < 4.78 is 1.95. The van der Waals surface area contributed by atoms with Crippen molar-refractivity contribution in [1.82, 2.24) is 14.8 Å². The minimum absolute atomic E-state index is 0.426. The summed E-state index contributed by atoms with van der Waals surface area (Å²) in [5, 5.41) is 8.62. The van der Waals surface area contributed by atoms with Crippen LogP contribution in [0.2, 0.25) is 5.28 Å². The Balaban J connectivity index is 1.95. The van der Waals surface area contributed by atoms with Crippen molar-refractivity contribution < 1.29 is 0 Å². The molecule has 0 spiro atoms. The fourth-order valence-corrected chi connectivity index (χ4v) is 3.20. The van der Waals surface area contributed by atoms with E-state index in [2.05, 4.69) is 29.3 Å². The normalized spacial score (nSPS) is 10.9. The Kier molecular flexibility index (Phi) is 3.85. The van der Waals surface area contributed by atoms with E-state index in [0.29, 0.717) is 11.8 Å². The van der Waals surface area contributed by atoms with Crippen LogP contribution in [0.3, 0.4) is 0 Å². The molecule has 5 heteroatoms. The third-order valence-electron chi connectivity index (χ3n) is 3.12. The zero-order chi connectivity index (χ0) is 13.9. The van der Waals surface area contributed by atoms with E-state index in [1.807, 2.05) is 46.2 Å². The van der Waals surface area contributed by atoms with Gasteiger partial charge in [0, 0.05) is 15.3 Å². The number of thiophene rings is 1. The van der Waals surface area contributed by atoms with Gasteiger partial charge in [0.1, 0.15) is 0 Å². The highest BCUT2D eigenvalue weighted by Gasteiger charge is 2.13. The molecule has 0 aliphatic heterocycles. The van der Waals surface area contributed by atoms with Crippen LogP contribution in [0.5, 0.6) is 0 Å². The van der Waals surface area contributed by atoms with Gasteiger partial charge in [0.15, 0.2) is 5.82 Å². The first-order valence-electron chi connectivity index (χ1n) is 6.49. The number of hydrogen-bond acceptors (Lipinski definition) is 3. The van der Waals surface area contributed by atoms with E-state index in [0.717, 1.165) is 17.8 Å². The monoisotopic (exact) mass is 303 g/mol. The molecule has 0 atom stereocenters. The molecule has 3 rings (SSSR count). The van der Waals surface area contributed by atoms with Crippen molar-refractivity contribution in [3.8, 4) is 11.4 Å². The lowest BCUT2D eigenvalue weighted by atomic mass is 10.2. The van der Waals surface area contributed by atoms with Gasteiger partial charge in [-0.2, -0.15) is 0 Å². The number of halogens is 1. The van der Waals surface area contributed by atoms with E-state index in [-0.39, 0.29) is 0 Å². The van der Waals surface area contributed by atoms with Crippen molar-refractivity contribution in [2.45, 2.75) is 19.9 Å². The molecule has 0 fully saturated rings. The zero-order valence-corrected chi connectivity index (χ0v) is 12.7. The lowest BCUT2D eigenvalue weighted by Gasteiger charge is -2.06. The molecule has 20 heavy (non-hydrogen) atoms. The number of aromatic nitrogens is 3. The van der Waals surface area contributed by atoms with Gasteiger partial charge in [-0.05, 0) is 30.2 Å². The van der Waals surface area contributed by atoms with Crippen molar-refractivity contribution >= 4 is 22.9 Å². The van der Waals surface area contributed by atoms with Crippen LogP contribution < -0.4 is 0 Å². The third kappa shape index (κ3) is 2.62. The molecule has 0 saturated carbocycles. The number of hydrogen-bond donors (Lipinski definition) is 0. The van der Waals surface area contributed by atoms with E-state index >= 15 is 0 Å².